The van der Waals surface area contributed by atoms with Crippen LogP contribution in [0.25, 0.3) is 0 Å². The molecule has 0 saturated heterocycles. The van der Waals surface area contributed by atoms with Gasteiger partial charge in [-0.1, -0.05) is 26.2 Å². The van der Waals surface area contributed by atoms with Crippen LogP contribution in [0.2, 0.25) is 0 Å². The lowest BCUT2D eigenvalue weighted by Gasteiger charge is -2.33. The summed E-state index contributed by atoms with van der Waals surface area (Å²) < 4.78 is 0. The third kappa shape index (κ3) is 3.98. The number of amides is 1. The molecule has 2 fully saturated rings. The molecule has 0 radical (unpaired) electrons. The molecule has 0 spiro atoms. The van der Waals surface area contributed by atoms with E-state index in [1.807, 2.05) is 0 Å². The van der Waals surface area contributed by atoms with E-state index in [2.05, 4.69) is 12.2 Å². The second-order valence-electron chi connectivity index (χ2n) is 6.57. The topological polar surface area (TPSA) is 49.3 Å². The molecule has 2 rings (SSSR count). The molecule has 0 aliphatic heterocycles. The van der Waals surface area contributed by atoms with Crippen LogP contribution >= 0.6 is 0 Å². The largest absolute Gasteiger partial charge is 0.396 e. The number of hydrogen-bond donors (Lipinski definition) is 2. The molecule has 0 aromatic rings. The van der Waals surface area contributed by atoms with Gasteiger partial charge in [-0.2, -0.15) is 0 Å². The maximum Gasteiger partial charge on any atom is 0.220 e. The highest BCUT2D eigenvalue weighted by molar-refractivity contribution is 5.77. The highest BCUT2D eigenvalue weighted by atomic mass is 16.3. The Morgan fingerprint density at radius 1 is 1.33 bits per heavy atom. The fourth-order valence-corrected chi connectivity index (χ4v) is 3.29. The van der Waals surface area contributed by atoms with Crippen LogP contribution in [0.5, 0.6) is 0 Å². The van der Waals surface area contributed by atoms with Gasteiger partial charge in [0.15, 0.2) is 0 Å². The lowest BCUT2D eigenvalue weighted by Crippen LogP contribution is -2.40. The lowest BCUT2D eigenvalue weighted by molar-refractivity contribution is -0.124. The lowest BCUT2D eigenvalue weighted by atomic mass is 9.73. The molecule has 3 heteroatoms. The zero-order chi connectivity index (χ0) is 13.0. The molecule has 1 amide bonds. The van der Waals surface area contributed by atoms with Gasteiger partial charge in [0, 0.05) is 19.1 Å². The summed E-state index contributed by atoms with van der Waals surface area (Å²) in [5.41, 5.74) is 0.218. The van der Waals surface area contributed by atoms with E-state index >= 15 is 0 Å². The number of aliphatic hydroxyl groups excluding tert-OH is 1. The molecule has 18 heavy (non-hydrogen) atoms. The van der Waals surface area contributed by atoms with Gasteiger partial charge in [0.05, 0.1) is 0 Å². The van der Waals surface area contributed by atoms with Crippen LogP contribution in [0, 0.1) is 11.3 Å². The predicted molar refractivity (Wildman–Crippen MR) is 72.2 cm³/mol. The summed E-state index contributed by atoms with van der Waals surface area (Å²) in [5.74, 6) is 0.824. The first-order valence-corrected chi connectivity index (χ1v) is 7.53. The Kier molecular flexibility index (Phi) is 4.66. The summed E-state index contributed by atoms with van der Waals surface area (Å²) in [6.07, 6.45) is 10.0. The summed E-state index contributed by atoms with van der Waals surface area (Å²) >= 11 is 0. The van der Waals surface area contributed by atoms with Crippen LogP contribution in [-0.2, 0) is 4.79 Å². The van der Waals surface area contributed by atoms with Gasteiger partial charge in [-0.3, -0.25) is 4.79 Å². The predicted octanol–water partition coefficient (Wildman–Crippen LogP) is 2.62. The molecule has 104 valence electrons. The highest BCUT2D eigenvalue weighted by Gasteiger charge is 2.34. The first kappa shape index (κ1) is 13.9. The smallest absolute Gasteiger partial charge is 0.220 e. The number of rotatable bonds is 6. The average Bonchev–Trinajstić information content (AvgIpc) is 3.12. The molecule has 3 nitrogen and oxygen atoms in total. The van der Waals surface area contributed by atoms with Crippen LogP contribution in [0.3, 0.4) is 0 Å². The van der Waals surface area contributed by atoms with Gasteiger partial charge in [0.2, 0.25) is 5.91 Å². The molecule has 0 heterocycles. The number of nitrogens with one attached hydrogen (secondary N) is 1. The van der Waals surface area contributed by atoms with E-state index < -0.39 is 0 Å². The molecular formula is C15H27NO2. The summed E-state index contributed by atoms with van der Waals surface area (Å²) in [4.78, 5) is 12.1. The monoisotopic (exact) mass is 253 g/mol. The fourth-order valence-electron chi connectivity index (χ4n) is 3.29. The van der Waals surface area contributed by atoms with Crippen molar-refractivity contribution >= 4 is 5.91 Å². The van der Waals surface area contributed by atoms with E-state index in [4.69, 9.17) is 5.11 Å². The second kappa shape index (κ2) is 6.05. The van der Waals surface area contributed by atoms with Crippen molar-refractivity contribution < 1.29 is 9.90 Å². The molecular weight excluding hydrogens is 226 g/mol. The molecule has 2 N–H and O–H groups in total. The van der Waals surface area contributed by atoms with Crippen molar-refractivity contribution in [3.63, 3.8) is 0 Å². The molecule has 2 saturated carbocycles. The standard InChI is InChI=1S/C15H27NO2/c1-15(8-3-2-4-9-15)11-14(18)16-13(7-10-17)12-5-6-12/h12-13,17H,2-11H2,1H3,(H,16,18). The van der Waals surface area contributed by atoms with Crippen molar-refractivity contribution in [2.45, 2.75) is 70.8 Å². The van der Waals surface area contributed by atoms with Crippen molar-refractivity contribution in [3.05, 3.63) is 0 Å². The van der Waals surface area contributed by atoms with E-state index in [1.165, 1.54) is 44.9 Å². The summed E-state index contributed by atoms with van der Waals surface area (Å²) in [6.45, 7) is 2.43. The van der Waals surface area contributed by atoms with Gasteiger partial charge in [-0.15, -0.1) is 0 Å². The van der Waals surface area contributed by atoms with Crippen LogP contribution in [0.15, 0.2) is 0 Å². The summed E-state index contributed by atoms with van der Waals surface area (Å²) in [7, 11) is 0. The zero-order valence-corrected chi connectivity index (χ0v) is 11.6. The Balaban J connectivity index is 1.79. The summed E-state index contributed by atoms with van der Waals surface area (Å²) in [5, 5.41) is 12.2. The Hall–Kier alpha value is -0.570. The number of hydrogen-bond acceptors (Lipinski definition) is 2. The Labute approximate surface area is 110 Å². The molecule has 0 bridgehead atoms. The number of carbonyl (C=O) groups excluding carboxylic acids is 1. The average molecular weight is 253 g/mol. The number of aliphatic hydroxyl groups is 1. The SMILES string of the molecule is CC1(CC(=O)NC(CCO)C2CC2)CCCCC1. The number of carbonyl (C=O) groups is 1. The molecule has 0 aromatic carbocycles. The van der Waals surface area contributed by atoms with E-state index in [1.54, 1.807) is 0 Å². The summed E-state index contributed by atoms with van der Waals surface area (Å²) in [6, 6.07) is 0.217. The normalized spacial score (nSPS) is 24.6. The van der Waals surface area contributed by atoms with E-state index in [-0.39, 0.29) is 24.0 Å². The fraction of sp³-hybridized carbons (Fsp3) is 0.933. The minimum atomic E-state index is 0.179. The first-order chi connectivity index (χ1) is 8.63. The Bertz CT molecular complexity index is 280. The van der Waals surface area contributed by atoms with Gasteiger partial charge >= 0.3 is 0 Å². The van der Waals surface area contributed by atoms with Crippen molar-refractivity contribution in [2.75, 3.05) is 6.61 Å². The quantitative estimate of drug-likeness (QED) is 0.764. The third-order valence-electron chi connectivity index (χ3n) is 4.63. The minimum absolute atomic E-state index is 0.179. The molecule has 1 atom stereocenters. The van der Waals surface area contributed by atoms with Gasteiger partial charge in [0.1, 0.15) is 0 Å². The second-order valence-corrected chi connectivity index (χ2v) is 6.57. The van der Waals surface area contributed by atoms with E-state index in [9.17, 15) is 4.79 Å². The molecule has 2 aliphatic rings. The molecule has 0 aromatic heterocycles. The highest BCUT2D eigenvalue weighted by Crippen LogP contribution is 2.39. The van der Waals surface area contributed by atoms with Gasteiger partial charge < -0.3 is 10.4 Å². The van der Waals surface area contributed by atoms with Crippen LogP contribution in [0.1, 0.15) is 64.7 Å². The van der Waals surface area contributed by atoms with Crippen molar-refractivity contribution in [3.8, 4) is 0 Å². The Morgan fingerprint density at radius 3 is 2.56 bits per heavy atom. The zero-order valence-electron chi connectivity index (χ0n) is 11.6. The minimum Gasteiger partial charge on any atom is -0.396 e. The molecule has 2 aliphatic carbocycles. The van der Waals surface area contributed by atoms with Crippen LogP contribution in [0.4, 0.5) is 0 Å². The van der Waals surface area contributed by atoms with Crippen LogP contribution in [-0.4, -0.2) is 23.7 Å². The Morgan fingerprint density at radius 2 is 2.00 bits per heavy atom. The van der Waals surface area contributed by atoms with E-state index in [0.29, 0.717) is 18.8 Å². The van der Waals surface area contributed by atoms with E-state index in [0.717, 1.165) is 0 Å². The van der Waals surface area contributed by atoms with Crippen LogP contribution < -0.4 is 5.32 Å². The first-order valence-electron chi connectivity index (χ1n) is 7.53. The van der Waals surface area contributed by atoms with Gasteiger partial charge in [0.25, 0.3) is 0 Å². The van der Waals surface area contributed by atoms with Gasteiger partial charge in [-0.05, 0) is 43.4 Å². The van der Waals surface area contributed by atoms with Crippen molar-refractivity contribution in [2.24, 2.45) is 11.3 Å². The maximum absolute atomic E-state index is 12.1. The third-order valence-corrected chi connectivity index (χ3v) is 4.63. The van der Waals surface area contributed by atoms with Gasteiger partial charge in [-0.25, -0.2) is 0 Å². The molecule has 1 unspecified atom stereocenters. The maximum atomic E-state index is 12.1. The van der Waals surface area contributed by atoms with Crippen molar-refractivity contribution in [1.82, 2.24) is 5.32 Å². The van der Waals surface area contributed by atoms with Crippen molar-refractivity contribution in [1.29, 1.82) is 0 Å².